The first-order valence-corrected chi connectivity index (χ1v) is 14.3. The lowest BCUT2D eigenvalue weighted by Gasteiger charge is -2.37. The predicted octanol–water partition coefficient (Wildman–Crippen LogP) is 2.05. The molecule has 2 saturated heterocycles. The van der Waals surface area contributed by atoms with Gasteiger partial charge in [0.2, 0.25) is 11.9 Å². The Bertz CT molecular complexity index is 1480. The molecule has 206 valence electrons. The first-order chi connectivity index (χ1) is 18.9. The Morgan fingerprint density at radius 3 is 2.38 bits per heavy atom. The predicted molar refractivity (Wildman–Crippen MR) is 146 cm³/mol. The third kappa shape index (κ3) is 5.39. The molecule has 6 rings (SSSR count). The fourth-order valence-corrected chi connectivity index (χ4v) is 6.01. The fraction of sp³-hybridized carbons (Fsp3) is 0.400. The summed E-state index contributed by atoms with van der Waals surface area (Å²) in [5.41, 5.74) is 8.04. The Kier molecular flexibility index (Phi) is 7.04. The summed E-state index contributed by atoms with van der Waals surface area (Å²) in [7, 11) is -0.868. The number of piperazine rings is 1. The summed E-state index contributed by atoms with van der Waals surface area (Å²) >= 11 is 0. The highest BCUT2D eigenvalue weighted by Gasteiger charge is 2.24. The third-order valence-electron chi connectivity index (χ3n) is 7.08. The van der Waals surface area contributed by atoms with E-state index in [-0.39, 0.29) is 5.95 Å². The number of anilines is 4. The van der Waals surface area contributed by atoms with E-state index in [4.69, 9.17) is 10.2 Å². The molecule has 3 aromatic heterocycles. The number of furan rings is 1. The molecule has 0 bridgehead atoms. The molecular formula is C25H29F2N9O2S. The Morgan fingerprint density at radius 2 is 1.69 bits per heavy atom. The molecular weight excluding hydrogens is 528 g/mol. The zero-order valence-corrected chi connectivity index (χ0v) is 22.0. The lowest BCUT2D eigenvalue weighted by Crippen LogP contribution is -2.48. The van der Waals surface area contributed by atoms with Crippen LogP contribution in [0.2, 0.25) is 0 Å². The van der Waals surface area contributed by atoms with Gasteiger partial charge in [-0.1, -0.05) is 0 Å². The Morgan fingerprint density at radius 1 is 0.974 bits per heavy atom. The van der Waals surface area contributed by atoms with Gasteiger partial charge in [-0.15, -0.1) is 0 Å². The van der Waals surface area contributed by atoms with Crippen LogP contribution < -0.4 is 20.9 Å². The average molecular weight is 558 g/mol. The van der Waals surface area contributed by atoms with Gasteiger partial charge in [0.1, 0.15) is 17.3 Å². The van der Waals surface area contributed by atoms with E-state index >= 15 is 0 Å². The van der Waals surface area contributed by atoms with Gasteiger partial charge in [0, 0.05) is 86.8 Å². The minimum Gasteiger partial charge on any atom is -0.463 e. The van der Waals surface area contributed by atoms with E-state index in [1.54, 1.807) is 24.5 Å². The molecule has 0 amide bonds. The van der Waals surface area contributed by atoms with Gasteiger partial charge in [-0.2, -0.15) is 19.6 Å². The smallest absolute Gasteiger partial charge is 0.228 e. The van der Waals surface area contributed by atoms with Crippen molar-refractivity contribution in [3.05, 3.63) is 48.2 Å². The number of benzene rings is 1. The van der Waals surface area contributed by atoms with E-state index in [2.05, 4.69) is 25.3 Å². The van der Waals surface area contributed by atoms with Crippen LogP contribution in [-0.2, 0) is 10.8 Å². The van der Waals surface area contributed by atoms with Crippen LogP contribution in [0.25, 0.3) is 17.1 Å². The number of nitrogen functional groups attached to an aromatic ring is 1. The Hall–Kier alpha value is -3.78. The highest BCUT2D eigenvalue weighted by Crippen LogP contribution is 2.30. The van der Waals surface area contributed by atoms with Crippen LogP contribution >= 0.6 is 0 Å². The average Bonchev–Trinajstić information content (AvgIpc) is 3.61. The lowest BCUT2D eigenvalue weighted by molar-refractivity contribution is 0.266. The fourth-order valence-electron chi connectivity index (χ4n) is 4.96. The van der Waals surface area contributed by atoms with Crippen LogP contribution in [0.1, 0.15) is 0 Å². The molecule has 2 aliphatic rings. The maximum absolute atomic E-state index is 14.7. The van der Waals surface area contributed by atoms with Gasteiger partial charge >= 0.3 is 0 Å². The van der Waals surface area contributed by atoms with E-state index in [1.165, 1.54) is 4.52 Å². The standard InChI is InChI=1S/C25H29F2N9O2S/c26-17-14-18(27)21(35-9-12-39(37)13-10-35)16-20(17)34-7-5-33(6-8-34)4-3-29-25-30-23-15-19(22-2-1-11-38-22)32-36(23)24(28)31-25/h1-2,11,14-16H,3-10,12-13H2,(H3,28,29,30,31). The number of fused-ring (bicyclic) bond motifs is 1. The zero-order valence-electron chi connectivity index (χ0n) is 21.2. The van der Waals surface area contributed by atoms with Crippen molar-refractivity contribution < 1.29 is 17.4 Å². The lowest BCUT2D eigenvalue weighted by atomic mass is 10.2. The monoisotopic (exact) mass is 557 g/mol. The Labute approximate surface area is 226 Å². The van der Waals surface area contributed by atoms with Crippen LogP contribution in [0.4, 0.5) is 32.1 Å². The molecule has 39 heavy (non-hydrogen) atoms. The van der Waals surface area contributed by atoms with Crippen LogP contribution in [0.5, 0.6) is 0 Å². The van der Waals surface area contributed by atoms with Crippen LogP contribution in [0.15, 0.2) is 41.0 Å². The highest BCUT2D eigenvalue weighted by atomic mass is 32.2. The maximum Gasteiger partial charge on any atom is 0.228 e. The molecule has 0 aliphatic carbocycles. The molecule has 14 heteroatoms. The van der Waals surface area contributed by atoms with Gasteiger partial charge in [-0.25, -0.2) is 8.78 Å². The Balaban J connectivity index is 1.04. The van der Waals surface area contributed by atoms with Gasteiger partial charge in [0.25, 0.3) is 0 Å². The molecule has 2 fully saturated rings. The number of nitrogens with zero attached hydrogens (tertiary/aromatic N) is 7. The van der Waals surface area contributed by atoms with Gasteiger partial charge in [-0.3, -0.25) is 9.11 Å². The molecule has 4 aromatic rings. The van der Waals surface area contributed by atoms with E-state index in [0.717, 1.165) is 25.7 Å². The zero-order chi connectivity index (χ0) is 26.9. The molecule has 0 radical (unpaired) electrons. The third-order valence-corrected chi connectivity index (χ3v) is 8.36. The summed E-state index contributed by atoms with van der Waals surface area (Å²) in [5, 5.41) is 7.62. The minimum absolute atomic E-state index is 0.215. The first kappa shape index (κ1) is 25.5. The van der Waals surface area contributed by atoms with Crippen molar-refractivity contribution in [1.29, 1.82) is 0 Å². The van der Waals surface area contributed by atoms with Crippen LogP contribution in [0, 0.1) is 11.6 Å². The highest BCUT2D eigenvalue weighted by molar-refractivity contribution is 7.85. The van der Waals surface area contributed by atoms with Gasteiger partial charge < -0.3 is 25.3 Å². The normalized spacial score (nSPS) is 17.3. The number of nitrogens with one attached hydrogen (secondary N) is 1. The number of hydrogen-bond acceptors (Lipinski definition) is 10. The van der Waals surface area contributed by atoms with Gasteiger partial charge in [0.05, 0.1) is 17.6 Å². The second-order valence-corrected chi connectivity index (χ2v) is 11.2. The topological polar surface area (TPSA) is 121 Å². The number of aromatic nitrogens is 4. The quantitative estimate of drug-likeness (QED) is 0.349. The number of hydrogen-bond donors (Lipinski definition) is 2. The molecule has 0 saturated carbocycles. The van der Waals surface area contributed by atoms with Crippen molar-refractivity contribution >= 4 is 39.7 Å². The van der Waals surface area contributed by atoms with Crippen molar-refractivity contribution in [2.24, 2.45) is 0 Å². The second kappa shape index (κ2) is 10.8. The van der Waals surface area contributed by atoms with Crippen LogP contribution in [-0.4, -0.2) is 92.6 Å². The number of nitrogens with two attached hydrogens (primary N) is 1. The van der Waals surface area contributed by atoms with Crippen molar-refractivity contribution in [3.63, 3.8) is 0 Å². The summed E-state index contributed by atoms with van der Waals surface area (Å²) in [6, 6.07) is 7.95. The molecule has 1 aromatic carbocycles. The summed E-state index contributed by atoms with van der Waals surface area (Å²) in [6.07, 6.45) is 1.58. The van der Waals surface area contributed by atoms with Gasteiger partial charge in [-0.05, 0) is 18.2 Å². The molecule has 0 unspecified atom stereocenters. The van der Waals surface area contributed by atoms with Gasteiger partial charge in [0.15, 0.2) is 11.4 Å². The van der Waals surface area contributed by atoms with Crippen molar-refractivity contribution in [2.75, 3.05) is 84.7 Å². The van der Waals surface area contributed by atoms with Crippen LogP contribution in [0.3, 0.4) is 0 Å². The van der Waals surface area contributed by atoms with Crippen molar-refractivity contribution in [2.45, 2.75) is 0 Å². The minimum atomic E-state index is -0.868. The van der Waals surface area contributed by atoms with Crippen molar-refractivity contribution in [1.82, 2.24) is 24.5 Å². The summed E-state index contributed by atoms with van der Waals surface area (Å²) in [5.74, 6) is 1.10. The summed E-state index contributed by atoms with van der Waals surface area (Å²) < 4.78 is 47.9. The molecule has 0 spiro atoms. The molecule has 3 N–H and O–H groups in total. The largest absolute Gasteiger partial charge is 0.463 e. The van der Waals surface area contributed by atoms with E-state index < -0.39 is 22.4 Å². The number of halogens is 2. The van der Waals surface area contributed by atoms with Crippen molar-refractivity contribution in [3.8, 4) is 11.5 Å². The molecule has 0 atom stereocenters. The second-order valence-electron chi connectivity index (χ2n) is 9.53. The molecule has 2 aliphatic heterocycles. The maximum atomic E-state index is 14.7. The van der Waals surface area contributed by atoms with E-state index in [0.29, 0.717) is 78.7 Å². The van der Waals surface area contributed by atoms with E-state index in [1.807, 2.05) is 15.9 Å². The SMILES string of the molecule is Nc1nc(NCCN2CCN(c3cc(N4CCS(=O)CC4)c(F)cc3F)CC2)nc2cc(-c3ccco3)nn12. The first-order valence-electron chi connectivity index (χ1n) is 12.8. The molecule has 5 heterocycles. The molecule has 11 nitrogen and oxygen atoms in total. The van der Waals surface area contributed by atoms with E-state index in [9.17, 15) is 13.0 Å². The summed E-state index contributed by atoms with van der Waals surface area (Å²) in [4.78, 5) is 14.9. The summed E-state index contributed by atoms with van der Waals surface area (Å²) in [6.45, 7) is 5.04. The number of rotatable bonds is 7.